The fraction of sp³-hybridized carbons (Fsp3) is 0.433. The lowest BCUT2D eigenvalue weighted by molar-refractivity contribution is -0.277. The molecule has 7 heterocycles. The van der Waals surface area contributed by atoms with Gasteiger partial charge in [-0.15, -0.1) is 0 Å². The number of nitrogens with one attached hydrogen (secondary N) is 6. The van der Waals surface area contributed by atoms with Crippen LogP contribution in [0.3, 0.4) is 0 Å². The number of hydrogen-bond donors (Lipinski definition) is 18. The van der Waals surface area contributed by atoms with Crippen LogP contribution in [0, 0.1) is 5.92 Å². The number of nitrogens with two attached hydrogens (primary N) is 2. The Hall–Kier alpha value is -9.20. The monoisotopic (exact) mass is 1460 g/mol. The topological polar surface area (TPSA) is 522 Å². The Kier molecular flexibility index (Phi) is 22.5. The second-order valence-electron chi connectivity index (χ2n) is 26.4. The number of hydrogen-bond acceptors (Lipinski definition) is 25. The SMILES string of the molecule is CC(C)C[C@H](C(=O)N[C@H]1C(=O)N[C@@H](CC(N)=O)C(=O)N[C@H]2C(=O)N[C@@H]3C(=O)N[C@@H](C(=O)N[C@H](C(=O)O)c4cc(O)cc(O)c4-c4cc3ccc4O)[C@H](O[C@@H]3C[C@](C)(N)[C@H](O)[C@@H](C)O3)c3ccc(c(Cl)c3)Oc3cc2cc(c3O[C@H]2O[C@@H](CO)[C@@H](O)[C@H](O)[C@H]2O)Oc2ccc(cc2Cl)[C@H]1O)N(C)C. The van der Waals surface area contributed by atoms with E-state index in [0.29, 0.717) is 0 Å². The van der Waals surface area contributed by atoms with Crippen LogP contribution in [-0.2, 0) is 52.6 Å². The molecular formula is C67H77Cl2N9O24. The zero-order chi connectivity index (χ0) is 74.4. The van der Waals surface area contributed by atoms with Gasteiger partial charge in [-0.2, -0.15) is 0 Å². The number of carbonyl (C=O) groups is 8. The molecule has 0 radical (unpaired) electrons. The van der Waals surface area contributed by atoms with Gasteiger partial charge >= 0.3 is 5.97 Å². The van der Waals surface area contributed by atoms with E-state index in [1.54, 1.807) is 19.0 Å². The van der Waals surface area contributed by atoms with Gasteiger partial charge in [0.1, 0.15) is 95.6 Å². The minimum absolute atomic E-state index is 0.0908. The summed E-state index contributed by atoms with van der Waals surface area (Å²) in [6.07, 6.45) is -19.0. The minimum Gasteiger partial charge on any atom is -0.508 e. The number of nitrogens with zero attached hydrogens (tertiary/aromatic N) is 1. The molecule has 0 aliphatic carbocycles. The van der Waals surface area contributed by atoms with Crippen molar-refractivity contribution in [2.75, 3.05) is 20.7 Å². The number of rotatable bonds is 13. The number of halogens is 2. The number of ether oxygens (including phenoxy) is 6. The van der Waals surface area contributed by atoms with Crippen LogP contribution in [0.15, 0.2) is 78.9 Å². The standard InChI is InChI=1S/C67H77Cl2N9O24/c1-24(2)13-36(78(5)6)60(90)76-50-52(84)27-8-11-39(33(68)15-27)98-41-17-29-18-42(57(41)102-66-55(87)54(86)53(85)43(23-79)100-66)99-40-12-9-28(16-34(40)69)56(101-45-22-67(4,71)58(88)25(3)97-45)51-64(94)75-49(65(95)96)32-19-30(80)20-38(82)46(32)31-14-26(7-10-37(31)81)47(61(91)77-51)74-62(92)48(29)73-59(89)35(21-44(70)83)72-63(50)93/h7-12,14-20,24-25,35-36,43,45,47-56,58,66,79-82,84-88H,13,21-23,71H2,1-6H3,(H2,70,83)(H,72,93)(H,73,89)(H,74,92)(H,75,94)(H,76,90)(H,77,91)(H,95,96)/t25-,35+,36-,43+,45-,47+,48-,49+,50-,51-,52-,53-,54+,55-,56-,58-,66-,67+/m1/s1. The van der Waals surface area contributed by atoms with Gasteiger partial charge in [-0.25, -0.2) is 4.79 Å². The van der Waals surface area contributed by atoms with Crippen LogP contribution >= 0.6 is 23.2 Å². The number of carbonyl (C=O) groups excluding carboxylic acids is 7. The summed E-state index contributed by atoms with van der Waals surface area (Å²) < 4.78 is 38.0. The van der Waals surface area contributed by atoms with Crippen molar-refractivity contribution in [1.29, 1.82) is 0 Å². The van der Waals surface area contributed by atoms with Crippen LogP contribution in [0.4, 0.5) is 0 Å². The summed E-state index contributed by atoms with van der Waals surface area (Å²) in [6, 6.07) is -0.295. The molecule has 5 aromatic carbocycles. The molecule has 2 fully saturated rings. The van der Waals surface area contributed by atoms with E-state index >= 15 is 19.2 Å². The van der Waals surface area contributed by atoms with Crippen LogP contribution < -0.4 is 57.6 Å². The molecule has 5 aromatic rings. The van der Waals surface area contributed by atoms with Crippen molar-refractivity contribution in [3.63, 3.8) is 0 Å². The molecule has 7 amide bonds. The number of aliphatic carboxylic acids is 1. The van der Waals surface area contributed by atoms with Gasteiger partial charge in [-0.05, 0) is 117 Å². The van der Waals surface area contributed by atoms with Gasteiger partial charge in [0.25, 0.3) is 0 Å². The minimum atomic E-state index is -2.35. The van der Waals surface area contributed by atoms with Crippen molar-refractivity contribution >= 4 is 70.5 Å². The van der Waals surface area contributed by atoms with Crippen molar-refractivity contribution in [2.45, 2.75) is 156 Å². The first-order chi connectivity index (χ1) is 48.0. The van der Waals surface area contributed by atoms with Crippen LogP contribution in [0.2, 0.25) is 10.0 Å². The van der Waals surface area contributed by atoms with Crippen molar-refractivity contribution in [3.8, 4) is 57.1 Å². The van der Waals surface area contributed by atoms with Crippen LogP contribution in [0.5, 0.6) is 46.0 Å². The van der Waals surface area contributed by atoms with Crippen LogP contribution in [0.25, 0.3) is 11.1 Å². The molecule has 18 atom stereocenters. The zero-order valence-corrected chi connectivity index (χ0v) is 56.8. The molecule has 35 heteroatoms. The lowest BCUT2D eigenvalue weighted by atomic mass is 9.86. The highest BCUT2D eigenvalue weighted by Gasteiger charge is 2.49. The third-order valence-corrected chi connectivity index (χ3v) is 18.6. The third kappa shape index (κ3) is 15.9. The maximum absolute atomic E-state index is 16.1. The van der Waals surface area contributed by atoms with Crippen LogP contribution in [0.1, 0.15) is 105 Å². The summed E-state index contributed by atoms with van der Waals surface area (Å²) in [5.41, 5.74) is 8.18. The number of aliphatic hydroxyl groups excluding tert-OH is 6. The molecule has 7 aliphatic heterocycles. The second kappa shape index (κ2) is 30.4. The normalized spacial score (nSPS) is 29.3. The molecule has 548 valence electrons. The number of phenols is 3. The summed E-state index contributed by atoms with van der Waals surface area (Å²) >= 11 is 14.2. The zero-order valence-electron chi connectivity index (χ0n) is 55.3. The molecule has 0 unspecified atom stereocenters. The summed E-state index contributed by atoms with van der Waals surface area (Å²) in [4.78, 5) is 120. The quantitative estimate of drug-likeness (QED) is 0.0761. The van der Waals surface area contributed by atoms with Crippen molar-refractivity contribution in [2.24, 2.45) is 17.4 Å². The molecule has 0 spiro atoms. The Morgan fingerprint density at radius 2 is 1.32 bits per heavy atom. The Labute approximate surface area is 590 Å². The lowest BCUT2D eigenvalue weighted by Gasteiger charge is -2.44. The van der Waals surface area contributed by atoms with Gasteiger partial charge in [-0.1, -0.05) is 55.2 Å². The Morgan fingerprint density at radius 1 is 0.716 bits per heavy atom. The summed E-state index contributed by atoms with van der Waals surface area (Å²) in [5.74, 6) is -15.9. The highest BCUT2D eigenvalue weighted by Crippen LogP contribution is 2.50. The molecule has 33 nitrogen and oxygen atoms in total. The van der Waals surface area contributed by atoms with Crippen molar-refractivity contribution in [1.82, 2.24) is 36.8 Å². The predicted molar refractivity (Wildman–Crippen MR) is 354 cm³/mol. The summed E-state index contributed by atoms with van der Waals surface area (Å²) in [7, 11) is 3.19. The van der Waals surface area contributed by atoms with Crippen molar-refractivity contribution in [3.05, 3.63) is 117 Å². The summed E-state index contributed by atoms with van der Waals surface area (Å²) in [6.45, 7) is 5.65. The number of primary amides is 1. The Balaban J connectivity index is 1.26. The number of aromatic hydroxyl groups is 3. The number of carboxylic acid groups (broad SMARTS) is 1. The number of phenolic OH excluding ortho intramolecular Hbond substituents is 3. The average Bonchev–Trinajstić information content (AvgIpc) is 0.764. The lowest BCUT2D eigenvalue weighted by Crippen LogP contribution is -2.61. The molecule has 2 saturated heterocycles. The van der Waals surface area contributed by atoms with Gasteiger partial charge < -0.3 is 123 Å². The molecular weight excluding hydrogens is 1390 g/mol. The molecule has 0 saturated carbocycles. The number of amides is 7. The van der Waals surface area contributed by atoms with E-state index in [4.69, 9.17) is 63.1 Å². The highest BCUT2D eigenvalue weighted by molar-refractivity contribution is 6.32. The number of benzene rings is 5. The predicted octanol–water partition coefficient (Wildman–Crippen LogP) is 0.448. The molecule has 12 rings (SSSR count). The van der Waals surface area contributed by atoms with E-state index in [1.807, 2.05) is 13.8 Å². The first-order valence-corrected chi connectivity index (χ1v) is 32.7. The maximum Gasteiger partial charge on any atom is 0.330 e. The number of carboxylic acids is 1. The second-order valence-corrected chi connectivity index (χ2v) is 27.2. The van der Waals surface area contributed by atoms with Gasteiger partial charge in [0, 0.05) is 34.7 Å². The van der Waals surface area contributed by atoms with E-state index in [1.165, 1.54) is 38.1 Å². The van der Waals surface area contributed by atoms with E-state index in [9.17, 15) is 70.2 Å². The van der Waals surface area contributed by atoms with Gasteiger partial charge in [0.15, 0.2) is 23.8 Å². The number of likely N-dealkylation sites (N-methyl/N-ethyl adjacent to an activating group) is 1. The fourth-order valence-electron chi connectivity index (χ4n) is 12.7. The highest BCUT2D eigenvalue weighted by atomic mass is 35.5. The van der Waals surface area contributed by atoms with Gasteiger partial charge in [0.2, 0.25) is 53.4 Å². The van der Waals surface area contributed by atoms with E-state index < -0.39 is 231 Å². The van der Waals surface area contributed by atoms with Crippen molar-refractivity contribution < 1.29 is 118 Å². The van der Waals surface area contributed by atoms with Gasteiger partial charge in [-0.3, -0.25) is 38.5 Å². The van der Waals surface area contributed by atoms with E-state index in [0.717, 1.165) is 54.6 Å². The summed E-state index contributed by atoms with van der Waals surface area (Å²) in [5, 5.41) is 127. The number of aliphatic hydroxyl groups is 6. The molecule has 7 aliphatic rings. The fourth-order valence-corrected chi connectivity index (χ4v) is 13.1. The third-order valence-electron chi connectivity index (χ3n) is 18.0. The smallest absolute Gasteiger partial charge is 0.330 e. The molecule has 20 N–H and O–H groups in total. The van der Waals surface area contributed by atoms with E-state index in [2.05, 4.69) is 31.9 Å². The Bertz CT molecular complexity index is 4110. The molecule has 102 heavy (non-hydrogen) atoms. The first kappa shape index (κ1) is 75.5. The molecule has 11 bridgehead atoms. The number of fused-ring (bicyclic) bond motifs is 15. The van der Waals surface area contributed by atoms with E-state index in [-0.39, 0.29) is 52.0 Å². The average molecular weight is 1460 g/mol. The van der Waals surface area contributed by atoms with Gasteiger partial charge in [0.05, 0.1) is 41.3 Å². The maximum atomic E-state index is 16.1. The first-order valence-electron chi connectivity index (χ1n) is 32.0. The largest absolute Gasteiger partial charge is 0.508 e. The van der Waals surface area contributed by atoms with Crippen LogP contribution in [-0.4, -0.2) is 203 Å². The Morgan fingerprint density at radius 3 is 1.92 bits per heavy atom. The molecule has 0 aromatic heterocycles.